The Morgan fingerprint density at radius 3 is 2.03 bits per heavy atom. The summed E-state index contributed by atoms with van der Waals surface area (Å²) in [6.07, 6.45) is 1.03. The average molecular weight is 500 g/mol. The summed E-state index contributed by atoms with van der Waals surface area (Å²) in [6.45, 7) is 4.65. The number of sulfonamides is 1. The van der Waals surface area contributed by atoms with Crippen LogP contribution in [0.15, 0.2) is 48.5 Å². The SMILES string of the molecule is CC(C)NC(=O)C(C)N(Cc1c(Cl)cccc1Cl)C(=O)CN(c1ccccc1)S(C)(=O)=O. The predicted octanol–water partition coefficient (Wildman–Crippen LogP) is 3.70. The van der Waals surface area contributed by atoms with E-state index in [9.17, 15) is 18.0 Å². The third-order valence-electron chi connectivity index (χ3n) is 4.71. The molecule has 0 aliphatic carbocycles. The maximum absolute atomic E-state index is 13.4. The summed E-state index contributed by atoms with van der Waals surface area (Å²) in [4.78, 5) is 27.4. The molecular weight excluding hydrogens is 473 g/mol. The van der Waals surface area contributed by atoms with E-state index in [1.807, 2.05) is 13.8 Å². The number of nitrogens with one attached hydrogen (secondary N) is 1. The molecule has 0 radical (unpaired) electrons. The van der Waals surface area contributed by atoms with Crippen molar-refractivity contribution in [2.24, 2.45) is 0 Å². The largest absolute Gasteiger partial charge is 0.352 e. The van der Waals surface area contributed by atoms with Crippen molar-refractivity contribution in [3.63, 3.8) is 0 Å². The number of amides is 2. The number of hydrogen-bond acceptors (Lipinski definition) is 4. The maximum Gasteiger partial charge on any atom is 0.244 e. The molecule has 7 nitrogen and oxygen atoms in total. The summed E-state index contributed by atoms with van der Waals surface area (Å²) >= 11 is 12.6. The van der Waals surface area contributed by atoms with Crippen LogP contribution in [0.2, 0.25) is 10.0 Å². The molecule has 0 heterocycles. The first-order chi connectivity index (χ1) is 14.9. The Morgan fingerprint density at radius 2 is 1.53 bits per heavy atom. The molecule has 0 spiro atoms. The van der Waals surface area contributed by atoms with Crippen molar-refractivity contribution >= 4 is 50.7 Å². The fourth-order valence-electron chi connectivity index (χ4n) is 3.05. The lowest BCUT2D eigenvalue weighted by Crippen LogP contribution is -2.52. The van der Waals surface area contributed by atoms with Crippen molar-refractivity contribution < 1.29 is 18.0 Å². The van der Waals surface area contributed by atoms with Gasteiger partial charge >= 0.3 is 0 Å². The zero-order valence-corrected chi connectivity index (χ0v) is 20.7. The minimum atomic E-state index is -3.77. The Labute approximate surface area is 199 Å². The van der Waals surface area contributed by atoms with E-state index in [0.29, 0.717) is 21.3 Å². The second-order valence-electron chi connectivity index (χ2n) is 7.67. The number of nitrogens with zero attached hydrogens (tertiary/aromatic N) is 2. The number of rotatable bonds is 9. The number of benzene rings is 2. The number of halogens is 2. The molecule has 2 aromatic carbocycles. The first-order valence-corrected chi connectivity index (χ1v) is 12.6. The molecule has 0 aliphatic heterocycles. The molecule has 32 heavy (non-hydrogen) atoms. The zero-order valence-electron chi connectivity index (χ0n) is 18.4. The fourth-order valence-corrected chi connectivity index (χ4v) is 4.42. The summed E-state index contributed by atoms with van der Waals surface area (Å²) < 4.78 is 25.9. The molecular formula is C22H27Cl2N3O4S. The van der Waals surface area contributed by atoms with Crippen LogP contribution >= 0.6 is 23.2 Å². The fraction of sp³-hybridized carbons (Fsp3) is 0.364. The van der Waals surface area contributed by atoms with Gasteiger partial charge in [0.25, 0.3) is 0 Å². The number of carbonyl (C=O) groups excluding carboxylic acids is 2. The molecule has 0 fully saturated rings. The van der Waals surface area contributed by atoms with Crippen LogP contribution in [-0.2, 0) is 26.2 Å². The standard InChI is InChI=1S/C22H27Cl2N3O4S/c1-15(2)25-22(29)16(3)26(13-18-19(23)11-8-12-20(18)24)21(28)14-27(32(4,30)31)17-9-6-5-7-10-17/h5-12,15-16H,13-14H2,1-4H3,(H,25,29). The van der Waals surface area contributed by atoms with Gasteiger partial charge in [-0.2, -0.15) is 0 Å². The average Bonchev–Trinajstić information content (AvgIpc) is 2.70. The first-order valence-electron chi connectivity index (χ1n) is 9.97. The van der Waals surface area contributed by atoms with Gasteiger partial charge in [0.2, 0.25) is 21.8 Å². The van der Waals surface area contributed by atoms with Crippen LogP contribution in [0.1, 0.15) is 26.3 Å². The lowest BCUT2D eigenvalue weighted by atomic mass is 10.1. The highest BCUT2D eigenvalue weighted by Gasteiger charge is 2.31. The molecule has 10 heteroatoms. The van der Waals surface area contributed by atoms with Crippen molar-refractivity contribution in [3.8, 4) is 0 Å². The summed E-state index contributed by atoms with van der Waals surface area (Å²) in [5.74, 6) is -0.941. The van der Waals surface area contributed by atoms with Crippen molar-refractivity contribution in [1.29, 1.82) is 0 Å². The van der Waals surface area contributed by atoms with Gasteiger partial charge in [0.05, 0.1) is 11.9 Å². The molecule has 0 saturated carbocycles. The van der Waals surface area contributed by atoms with Crippen LogP contribution in [0.4, 0.5) is 5.69 Å². The Hall–Kier alpha value is -2.29. The van der Waals surface area contributed by atoms with E-state index in [-0.39, 0.29) is 18.5 Å². The van der Waals surface area contributed by atoms with Gasteiger partial charge in [-0.05, 0) is 45.0 Å². The second-order valence-corrected chi connectivity index (χ2v) is 10.4. The van der Waals surface area contributed by atoms with Gasteiger partial charge in [-0.15, -0.1) is 0 Å². The van der Waals surface area contributed by atoms with Crippen LogP contribution in [0, 0.1) is 0 Å². The van der Waals surface area contributed by atoms with E-state index in [0.717, 1.165) is 10.6 Å². The Balaban J connectivity index is 2.43. The van der Waals surface area contributed by atoms with Gasteiger partial charge in [-0.25, -0.2) is 8.42 Å². The number of anilines is 1. The smallest absolute Gasteiger partial charge is 0.244 e. The molecule has 0 aliphatic rings. The normalized spacial score (nSPS) is 12.3. The minimum Gasteiger partial charge on any atom is -0.352 e. The van der Waals surface area contributed by atoms with Crippen LogP contribution in [0.3, 0.4) is 0 Å². The third-order valence-corrected chi connectivity index (χ3v) is 6.56. The molecule has 1 atom stereocenters. The molecule has 2 aromatic rings. The van der Waals surface area contributed by atoms with Crippen LogP contribution in [0.25, 0.3) is 0 Å². The highest BCUT2D eigenvalue weighted by atomic mass is 35.5. The van der Waals surface area contributed by atoms with Gasteiger partial charge < -0.3 is 10.2 Å². The van der Waals surface area contributed by atoms with Gasteiger partial charge in [-0.1, -0.05) is 47.5 Å². The van der Waals surface area contributed by atoms with Crippen LogP contribution in [0.5, 0.6) is 0 Å². The van der Waals surface area contributed by atoms with E-state index < -0.39 is 28.5 Å². The zero-order chi connectivity index (χ0) is 24.1. The minimum absolute atomic E-state index is 0.0591. The monoisotopic (exact) mass is 499 g/mol. The summed E-state index contributed by atoms with van der Waals surface area (Å²) in [5.41, 5.74) is 0.817. The van der Waals surface area contributed by atoms with E-state index >= 15 is 0 Å². The quantitative estimate of drug-likeness (QED) is 0.569. The Bertz CT molecular complexity index is 1040. The van der Waals surface area contributed by atoms with Crippen LogP contribution in [-0.4, -0.2) is 50.0 Å². The van der Waals surface area contributed by atoms with Gasteiger partial charge in [0.15, 0.2) is 0 Å². The molecule has 2 rings (SSSR count). The second kappa shape index (κ2) is 11.0. The molecule has 0 saturated heterocycles. The van der Waals surface area contributed by atoms with Crippen molar-refractivity contribution in [2.75, 3.05) is 17.1 Å². The van der Waals surface area contributed by atoms with Crippen molar-refractivity contribution in [1.82, 2.24) is 10.2 Å². The molecule has 0 bridgehead atoms. The Kier molecular flexibility index (Phi) is 8.95. The van der Waals surface area contributed by atoms with E-state index in [4.69, 9.17) is 23.2 Å². The summed E-state index contributed by atoms with van der Waals surface area (Å²) in [6, 6.07) is 12.2. The molecule has 2 amide bonds. The number of hydrogen-bond donors (Lipinski definition) is 1. The predicted molar refractivity (Wildman–Crippen MR) is 128 cm³/mol. The topological polar surface area (TPSA) is 86.8 Å². The molecule has 1 N–H and O–H groups in total. The van der Waals surface area contributed by atoms with Crippen molar-refractivity contribution in [3.05, 3.63) is 64.1 Å². The molecule has 0 aromatic heterocycles. The van der Waals surface area contributed by atoms with Gasteiger partial charge in [0.1, 0.15) is 12.6 Å². The molecule has 1 unspecified atom stereocenters. The lowest BCUT2D eigenvalue weighted by Gasteiger charge is -2.32. The van der Waals surface area contributed by atoms with E-state index in [2.05, 4.69) is 5.32 Å². The van der Waals surface area contributed by atoms with Crippen LogP contribution < -0.4 is 9.62 Å². The lowest BCUT2D eigenvalue weighted by molar-refractivity contribution is -0.139. The van der Waals surface area contributed by atoms with Gasteiger partial charge in [-0.3, -0.25) is 13.9 Å². The highest BCUT2D eigenvalue weighted by Crippen LogP contribution is 2.27. The molecule has 174 valence electrons. The van der Waals surface area contributed by atoms with E-state index in [1.54, 1.807) is 55.5 Å². The van der Waals surface area contributed by atoms with Crippen molar-refractivity contribution in [2.45, 2.75) is 39.4 Å². The maximum atomic E-state index is 13.4. The summed E-state index contributed by atoms with van der Waals surface area (Å²) in [7, 11) is -3.77. The van der Waals surface area contributed by atoms with Gasteiger partial charge in [0, 0.05) is 28.2 Å². The number of carbonyl (C=O) groups is 2. The summed E-state index contributed by atoms with van der Waals surface area (Å²) in [5, 5.41) is 3.46. The highest BCUT2D eigenvalue weighted by molar-refractivity contribution is 7.92. The van der Waals surface area contributed by atoms with E-state index in [1.165, 1.54) is 4.90 Å². The Morgan fingerprint density at radius 1 is 0.969 bits per heavy atom. The number of para-hydroxylation sites is 1. The first kappa shape index (κ1) is 26.0. The third kappa shape index (κ3) is 6.85.